The van der Waals surface area contributed by atoms with Crippen molar-refractivity contribution >= 4 is 5.69 Å². The fourth-order valence-corrected chi connectivity index (χ4v) is 1.58. The molecule has 1 heterocycles. The van der Waals surface area contributed by atoms with E-state index in [0.717, 1.165) is 5.69 Å². The predicted octanol–water partition coefficient (Wildman–Crippen LogP) is 1.39. The van der Waals surface area contributed by atoms with E-state index >= 15 is 0 Å². The summed E-state index contributed by atoms with van der Waals surface area (Å²) in [5.41, 5.74) is 1.60. The highest BCUT2D eigenvalue weighted by Gasteiger charge is 2.13. The average molecular weight is 218 g/mol. The number of benzene rings is 1. The molecule has 4 heteroatoms. The lowest BCUT2D eigenvalue weighted by Gasteiger charge is -2.23. The van der Waals surface area contributed by atoms with Gasteiger partial charge in [0.1, 0.15) is 0 Å². The highest BCUT2D eigenvalue weighted by molar-refractivity contribution is 5.49. The maximum atomic E-state index is 8.76. The molecule has 1 fully saturated rings. The molecule has 1 aromatic carbocycles. The number of hydrogen-bond donors (Lipinski definition) is 1. The zero-order chi connectivity index (χ0) is 11.2. The van der Waals surface area contributed by atoms with Crippen LogP contribution in [0.1, 0.15) is 5.56 Å². The van der Waals surface area contributed by atoms with E-state index in [0.29, 0.717) is 31.9 Å². The molecule has 1 saturated heterocycles. The second-order valence-corrected chi connectivity index (χ2v) is 3.64. The number of nitriles is 1. The van der Waals surface area contributed by atoms with Crippen molar-refractivity contribution in [3.63, 3.8) is 0 Å². The summed E-state index contributed by atoms with van der Waals surface area (Å²) < 4.78 is 10.8. The topological polar surface area (TPSA) is 54.3 Å². The molecule has 1 aliphatic heterocycles. The third-order valence-electron chi connectivity index (χ3n) is 2.41. The summed E-state index contributed by atoms with van der Waals surface area (Å²) in [5, 5.41) is 12.0. The van der Waals surface area contributed by atoms with E-state index in [1.807, 2.05) is 18.2 Å². The summed E-state index contributed by atoms with van der Waals surface area (Å²) in [6.45, 7) is 2.67. The number of rotatable bonds is 3. The minimum atomic E-state index is 0.0968. The van der Waals surface area contributed by atoms with Gasteiger partial charge in [0.05, 0.1) is 37.6 Å². The highest BCUT2D eigenvalue weighted by atomic mass is 16.6. The fraction of sp³-hybridized carbons (Fsp3) is 0.417. The first-order valence-electron chi connectivity index (χ1n) is 5.32. The standard InChI is InChI=1S/C12H14N2O2/c13-7-10-2-1-3-11(6-10)14-8-12-9-15-4-5-16-12/h1-3,6,12,14H,4-5,8-9H2. The Morgan fingerprint density at radius 3 is 3.12 bits per heavy atom. The Labute approximate surface area is 94.8 Å². The molecule has 0 spiro atoms. The molecule has 1 unspecified atom stereocenters. The second-order valence-electron chi connectivity index (χ2n) is 3.64. The Morgan fingerprint density at radius 2 is 2.38 bits per heavy atom. The van der Waals surface area contributed by atoms with Gasteiger partial charge in [0.15, 0.2) is 0 Å². The number of nitrogens with one attached hydrogen (secondary N) is 1. The van der Waals surface area contributed by atoms with Crippen molar-refractivity contribution in [2.75, 3.05) is 31.7 Å². The van der Waals surface area contributed by atoms with Crippen LogP contribution >= 0.6 is 0 Å². The van der Waals surface area contributed by atoms with Crippen LogP contribution in [0.5, 0.6) is 0 Å². The molecule has 0 bridgehead atoms. The molecular weight excluding hydrogens is 204 g/mol. The summed E-state index contributed by atoms with van der Waals surface area (Å²) in [5.74, 6) is 0. The van der Waals surface area contributed by atoms with Crippen molar-refractivity contribution in [3.05, 3.63) is 29.8 Å². The molecule has 16 heavy (non-hydrogen) atoms. The van der Waals surface area contributed by atoms with Crippen molar-refractivity contribution in [2.24, 2.45) is 0 Å². The number of ether oxygens (including phenoxy) is 2. The van der Waals surface area contributed by atoms with Crippen molar-refractivity contribution in [1.29, 1.82) is 5.26 Å². The molecule has 0 aliphatic carbocycles. The molecule has 1 aliphatic rings. The Bertz CT molecular complexity index is 381. The van der Waals surface area contributed by atoms with Gasteiger partial charge in [0.25, 0.3) is 0 Å². The predicted molar refractivity (Wildman–Crippen MR) is 60.2 cm³/mol. The first-order valence-corrected chi connectivity index (χ1v) is 5.32. The van der Waals surface area contributed by atoms with Crippen LogP contribution in [0.25, 0.3) is 0 Å². The second kappa shape index (κ2) is 5.50. The van der Waals surface area contributed by atoms with Crippen LogP contribution in [0.3, 0.4) is 0 Å². The van der Waals surface area contributed by atoms with Gasteiger partial charge in [0, 0.05) is 12.2 Å². The van der Waals surface area contributed by atoms with Gasteiger partial charge in [-0.2, -0.15) is 5.26 Å². The normalized spacial score (nSPS) is 20.1. The van der Waals surface area contributed by atoms with Gasteiger partial charge < -0.3 is 14.8 Å². The zero-order valence-electron chi connectivity index (χ0n) is 8.98. The molecule has 0 aromatic heterocycles. The SMILES string of the molecule is N#Cc1cccc(NCC2COCCO2)c1. The van der Waals surface area contributed by atoms with E-state index in [9.17, 15) is 0 Å². The third kappa shape index (κ3) is 2.96. The van der Waals surface area contributed by atoms with Crippen LogP contribution in [-0.2, 0) is 9.47 Å². The van der Waals surface area contributed by atoms with E-state index in [1.54, 1.807) is 6.07 Å². The van der Waals surface area contributed by atoms with Gasteiger partial charge in [0.2, 0.25) is 0 Å². The summed E-state index contributed by atoms with van der Waals surface area (Å²) in [6, 6.07) is 9.51. The van der Waals surface area contributed by atoms with E-state index in [2.05, 4.69) is 11.4 Å². The quantitative estimate of drug-likeness (QED) is 0.832. The molecule has 1 N–H and O–H groups in total. The number of anilines is 1. The fourth-order valence-electron chi connectivity index (χ4n) is 1.58. The molecule has 0 radical (unpaired) electrons. The summed E-state index contributed by atoms with van der Waals surface area (Å²) >= 11 is 0. The molecule has 4 nitrogen and oxygen atoms in total. The summed E-state index contributed by atoms with van der Waals surface area (Å²) in [6.07, 6.45) is 0.0968. The molecule has 1 atom stereocenters. The lowest BCUT2D eigenvalue weighted by Crippen LogP contribution is -2.34. The van der Waals surface area contributed by atoms with Crippen LogP contribution in [-0.4, -0.2) is 32.5 Å². The van der Waals surface area contributed by atoms with Gasteiger partial charge in [-0.15, -0.1) is 0 Å². The lowest BCUT2D eigenvalue weighted by atomic mass is 10.2. The number of nitrogens with zero attached hydrogens (tertiary/aromatic N) is 1. The molecule has 2 rings (SSSR count). The summed E-state index contributed by atoms with van der Waals surface area (Å²) in [4.78, 5) is 0. The Morgan fingerprint density at radius 1 is 1.44 bits per heavy atom. The third-order valence-corrected chi connectivity index (χ3v) is 2.41. The van der Waals surface area contributed by atoms with Gasteiger partial charge in [-0.1, -0.05) is 6.07 Å². The van der Waals surface area contributed by atoms with Gasteiger partial charge in [-0.3, -0.25) is 0 Å². The summed E-state index contributed by atoms with van der Waals surface area (Å²) in [7, 11) is 0. The molecule has 0 amide bonds. The van der Waals surface area contributed by atoms with Crippen molar-refractivity contribution in [1.82, 2.24) is 0 Å². The van der Waals surface area contributed by atoms with Crippen molar-refractivity contribution in [2.45, 2.75) is 6.10 Å². The van der Waals surface area contributed by atoms with Gasteiger partial charge in [-0.25, -0.2) is 0 Å². The Hall–Kier alpha value is -1.57. The molecule has 0 saturated carbocycles. The Kier molecular flexibility index (Phi) is 3.76. The zero-order valence-corrected chi connectivity index (χ0v) is 8.98. The van der Waals surface area contributed by atoms with Crippen molar-refractivity contribution in [3.8, 4) is 6.07 Å². The molecule has 1 aromatic rings. The average Bonchev–Trinajstić information content (AvgIpc) is 2.38. The van der Waals surface area contributed by atoms with E-state index in [1.165, 1.54) is 0 Å². The van der Waals surface area contributed by atoms with Crippen LogP contribution in [0.2, 0.25) is 0 Å². The minimum Gasteiger partial charge on any atom is -0.382 e. The first kappa shape index (κ1) is 10.9. The molecular formula is C12H14N2O2. The van der Waals surface area contributed by atoms with Crippen molar-refractivity contribution < 1.29 is 9.47 Å². The van der Waals surface area contributed by atoms with E-state index < -0.39 is 0 Å². The van der Waals surface area contributed by atoms with Crippen LogP contribution in [0, 0.1) is 11.3 Å². The van der Waals surface area contributed by atoms with Crippen LogP contribution in [0.15, 0.2) is 24.3 Å². The minimum absolute atomic E-state index is 0.0968. The lowest BCUT2D eigenvalue weighted by molar-refractivity contribution is -0.0818. The van der Waals surface area contributed by atoms with E-state index in [4.69, 9.17) is 14.7 Å². The maximum Gasteiger partial charge on any atom is 0.0992 e. The van der Waals surface area contributed by atoms with Crippen LogP contribution in [0.4, 0.5) is 5.69 Å². The largest absolute Gasteiger partial charge is 0.382 e. The van der Waals surface area contributed by atoms with Gasteiger partial charge >= 0.3 is 0 Å². The first-order chi connectivity index (χ1) is 7.88. The van der Waals surface area contributed by atoms with Gasteiger partial charge in [-0.05, 0) is 18.2 Å². The maximum absolute atomic E-state index is 8.76. The molecule has 84 valence electrons. The van der Waals surface area contributed by atoms with Crippen LogP contribution < -0.4 is 5.32 Å². The highest BCUT2D eigenvalue weighted by Crippen LogP contribution is 2.10. The van der Waals surface area contributed by atoms with E-state index in [-0.39, 0.29) is 6.10 Å². The number of hydrogen-bond acceptors (Lipinski definition) is 4. The smallest absolute Gasteiger partial charge is 0.0992 e. The monoisotopic (exact) mass is 218 g/mol. The Balaban J connectivity index is 1.86.